The van der Waals surface area contributed by atoms with E-state index in [4.69, 9.17) is 4.74 Å². The van der Waals surface area contributed by atoms with E-state index in [2.05, 4.69) is 24.0 Å². The number of aryl methyl sites for hydroxylation is 1. The molecule has 8 heteroatoms. The van der Waals surface area contributed by atoms with Gasteiger partial charge in [0.2, 0.25) is 10.0 Å². The van der Waals surface area contributed by atoms with Gasteiger partial charge >= 0.3 is 0 Å². The van der Waals surface area contributed by atoms with Crippen LogP contribution in [-0.2, 0) is 27.7 Å². The minimum atomic E-state index is -3.78. The van der Waals surface area contributed by atoms with Crippen LogP contribution < -0.4 is 4.90 Å². The number of sulfonamides is 1. The largest absolute Gasteiger partial charge is 0.373 e. The quantitative estimate of drug-likeness (QED) is 0.492. The summed E-state index contributed by atoms with van der Waals surface area (Å²) in [7, 11) is -3.78. The molecule has 0 aromatic heterocycles. The second kappa shape index (κ2) is 10.2. The van der Waals surface area contributed by atoms with Gasteiger partial charge in [0.15, 0.2) is 0 Å². The van der Waals surface area contributed by atoms with Gasteiger partial charge in [-0.2, -0.15) is 9.30 Å². The van der Waals surface area contributed by atoms with E-state index < -0.39 is 15.9 Å². The number of ether oxygens (including phenoxy) is 1. The van der Waals surface area contributed by atoms with Gasteiger partial charge in [0.05, 0.1) is 23.6 Å². The van der Waals surface area contributed by atoms with Crippen molar-refractivity contribution < 1.29 is 17.9 Å². The lowest BCUT2D eigenvalue weighted by atomic mass is 10.1. The van der Waals surface area contributed by atoms with Gasteiger partial charge in [-0.05, 0) is 61.7 Å². The number of aliphatic imine (C=N–C) groups is 1. The maximum Gasteiger partial charge on any atom is 0.279 e. The highest BCUT2D eigenvalue weighted by atomic mass is 32.2. The van der Waals surface area contributed by atoms with Gasteiger partial charge in [-0.1, -0.05) is 49.4 Å². The van der Waals surface area contributed by atoms with E-state index in [1.165, 1.54) is 22.0 Å². The number of benzene rings is 3. The third-order valence-corrected chi connectivity index (χ3v) is 8.64. The highest BCUT2D eigenvalue weighted by Crippen LogP contribution is 2.30. The van der Waals surface area contributed by atoms with Gasteiger partial charge in [0.1, 0.15) is 5.84 Å². The van der Waals surface area contributed by atoms with Crippen molar-refractivity contribution in [2.45, 2.75) is 50.8 Å². The normalized spacial score (nSPS) is 21.3. The van der Waals surface area contributed by atoms with E-state index >= 15 is 0 Å². The predicted molar refractivity (Wildman–Crippen MR) is 145 cm³/mol. The highest BCUT2D eigenvalue weighted by Gasteiger charge is 2.33. The Balaban J connectivity index is 1.48. The van der Waals surface area contributed by atoms with Gasteiger partial charge in [0, 0.05) is 29.9 Å². The molecule has 0 saturated carbocycles. The summed E-state index contributed by atoms with van der Waals surface area (Å²) in [4.78, 5) is 20.0. The molecule has 0 N–H and O–H groups in total. The summed E-state index contributed by atoms with van der Waals surface area (Å²) in [5.74, 6) is 0.0802. The molecule has 2 atom stereocenters. The molecule has 192 valence electrons. The van der Waals surface area contributed by atoms with E-state index in [-0.39, 0.29) is 35.8 Å². The molecule has 5 rings (SSSR count). The molecule has 0 unspecified atom stereocenters. The number of amides is 1. The fraction of sp³-hybridized carbons (Fsp3) is 0.310. The molecule has 0 bridgehead atoms. The molecular weight excluding hydrogens is 486 g/mol. The number of nitrogens with zero attached hydrogens (tertiary/aromatic N) is 3. The van der Waals surface area contributed by atoms with E-state index in [9.17, 15) is 13.2 Å². The fourth-order valence-electron chi connectivity index (χ4n) is 4.94. The van der Waals surface area contributed by atoms with Gasteiger partial charge in [-0.15, -0.1) is 0 Å². The zero-order valence-electron chi connectivity index (χ0n) is 21.3. The third-order valence-electron chi connectivity index (χ3n) is 6.81. The molecule has 37 heavy (non-hydrogen) atoms. The number of hydrogen-bond donors (Lipinski definition) is 0. The number of anilines is 1. The van der Waals surface area contributed by atoms with Crippen molar-refractivity contribution >= 4 is 27.5 Å². The Bertz CT molecular complexity index is 1440. The van der Waals surface area contributed by atoms with Crippen LogP contribution in [0.4, 0.5) is 5.69 Å². The summed E-state index contributed by atoms with van der Waals surface area (Å²) >= 11 is 0. The number of rotatable bonds is 5. The van der Waals surface area contributed by atoms with Crippen LogP contribution in [0.5, 0.6) is 0 Å². The summed E-state index contributed by atoms with van der Waals surface area (Å²) < 4.78 is 33.8. The Morgan fingerprint density at radius 2 is 1.68 bits per heavy atom. The van der Waals surface area contributed by atoms with E-state index in [1.807, 2.05) is 55.1 Å². The minimum absolute atomic E-state index is 0.0821. The van der Waals surface area contributed by atoms with Crippen LogP contribution in [0.2, 0.25) is 0 Å². The number of carbonyl (C=O) groups is 1. The van der Waals surface area contributed by atoms with Crippen molar-refractivity contribution in [2.24, 2.45) is 4.99 Å². The number of hydrogen-bond acceptors (Lipinski definition) is 4. The first-order valence-electron chi connectivity index (χ1n) is 12.6. The van der Waals surface area contributed by atoms with Crippen molar-refractivity contribution in [1.82, 2.24) is 4.31 Å². The van der Waals surface area contributed by atoms with Gasteiger partial charge < -0.3 is 9.64 Å². The average molecular weight is 518 g/mol. The molecule has 2 aliphatic rings. The fourth-order valence-corrected chi connectivity index (χ4v) is 6.58. The van der Waals surface area contributed by atoms with Gasteiger partial charge in [-0.3, -0.25) is 4.79 Å². The number of amidine groups is 1. The second-order valence-electron chi connectivity index (χ2n) is 9.61. The van der Waals surface area contributed by atoms with Crippen molar-refractivity contribution in [1.29, 1.82) is 0 Å². The Morgan fingerprint density at radius 1 is 0.973 bits per heavy atom. The lowest BCUT2D eigenvalue weighted by Crippen LogP contribution is -2.48. The maximum atomic E-state index is 13.4. The monoisotopic (exact) mass is 517 g/mol. The minimum Gasteiger partial charge on any atom is -0.373 e. The predicted octanol–water partition coefficient (Wildman–Crippen LogP) is 4.65. The van der Waals surface area contributed by atoms with Crippen LogP contribution in [0.25, 0.3) is 0 Å². The van der Waals surface area contributed by atoms with Crippen molar-refractivity contribution in [3.8, 4) is 0 Å². The second-order valence-corrected chi connectivity index (χ2v) is 11.5. The molecule has 2 aliphatic heterocycles. The Labute approximate surface area is 218 Å². The molecule has 1 saturated heterocycles. The number of fused-ring (bicyclic) bond motifs is 1. The molecule has 0 aliphatic carbocycles. The first-order valence-corrected chi connectivity index (χ1v) is 14.0. The Hall–Kier alpha value is -3.33. The molecule has 0 spiro atoms. The van der Waals surface area contributed by atoms with Crippen molar-refractivity contribution in [3.63, 3.8) is 0 Å². The van der Waals surface area contributed by atoms with Crippen LogP contribution >= 0.6 is 0 Å². The first-order chi connectivity index (χ1) is 17.8. The average Bonchev–Trinajstić information content (AvgIpc) is 3.26. The lowest BCUT2D eigenvalue weighted by Gasteiger charge is -2.34. The third kappa shape index (κ3) is 5.09. The lowest BCUT2D eigenvalue weighted by molar-refractivity contribution is -0.0440. The molecule has 3 aromatic rings. The molecule has 1 fully saturated rings. The summed E-state index contributed by atoms with van der Waals surface area (Å²) in [6.07, 6.45) is 0.547. The summed E-state index contributed by atoms with van der Waals surface area (Å²) in [6, 6.07) is 22.3. The smallest absolute Gasteiger partial charge is 0.279 e. The maximum absolute atomic E-state index is 13.4. The molecule has 7 nitrogen and oxygen atoms in total. The van der Waals surface area contributed by atoms with Gasteiger partial charge in [0.25, 0.3) is 5.91 Å². The highest BCUT2D eigenvalue weighted by molar-refractivity contribution is 7.89. The summed E-state index contributed by atoms with van der Waals surface area (Å²) in [6.45, 7) is 6.98. The molecular formula is C29H31N3O4S. The van der Waals surface area contributed by atoms with Crippen LogP contribution in [0.3, 0.4) is 0 Å². The first kappa shape index (κ1) is 25.3. The van der Waals surface area contributed by atoms with E-state index in [0.29, 0.717) is 12.4 Å². The van der Waals surface area contributed by atoms with Crippen LogP contribution in [0, 0.1) is 0 Å². The zero-order valence-corrected chi connectivity index (χ0v) is 22.1. The van der Waals surface area contributed by atoms with Gasteiger partial charge in [-0.25, -0.2) is 8.42 Å². The van der Waals surface area contributed by atoms with Crippen molar-refractivity contribution in [2.75, 3.05) is 18.0 Å². The molecule has 2 heterocycles. The summed E-state index contributed by atoms with van der Waals surface area (Å²) in [5.41, 5.74) is 4.40. The van der Waals surface area contributed by atoms with E-state index in [1.54, 1.807) is 12.1 Å². The molecule has 3 aromatic carbocycles. The van der Waals surface area contributed by atoms with Crippen molar-refractivity contribution in [3.05, 3.63) is 95.1 Å². The number of morpholine rings is 1. The number of carbonyl (C=O) groups excluding carboxylic acids is 1. The Morgan fingerprint density at radius 3 is 2.38 bits per heavy atom. The SMILES string of the molecule is CCc1ccc(N2Cc3ccccc3C2=NC(=O)c2cccc(S(=O)(=O)N3C[C@H](C)O[C@@H](C)C3)c2)cc1. The van der Waals surface area contributed by atoms with Crippen LogP contribution in [-0.4, -0.2) is 49.8 Å². The molecule has 0 radical (unpaired) electrons. The summed E-state index contributed by atoms with van der Waals surface area (Å²) in [5, 5.41) is 0. The molecule has 1 amide bonds. The topological polar surface area (TPSA) is 79.3 Å². The van der Waals surface area contributed by atoms with E-state index in [0.717, 1.165) is 23.2 Å². The standard InChI is InChI=1S/C29H31N3O4S/c1-4-22-12-14-25(15-13-22)32-19-24-8-5-6-11-27(24)28(32)30-29(33)23-9-7-10-26(16-23)37(34,35)31-17-20(2)36-21(3)18-31/h5-16,20-21H,4,17-19H2,1-3H3/t20-,21-/m0/s1. The Kier molecular flexibility index (Phi) is 6.98. The zero-order chi connectivity index (χ0) is 26.2. The van der Waals surface area contributed by atoms with Crippen LogP contribution in [0.15, 0.2) is 82.7 Å². The van der Waals surface area contributed by atoms with Crippen LogP contribution in [0.1, 0.15) is 47.8 Å².